The van der Waals surface area contributed by atoms with Crippen molar-refractivity contribution < 1.29 is 9.53 Å². The third-order valence-electron chi connectivity index (χ3n) is 4.14. The van der Waals surface area contributed by atoms with Crippen LogP contribution >= 0.6 is 0 Å². The molecule has 2 N–H and O–H groups in total. The molecule has 1 amide bonds. The maximum absolute atomic E-state index is 12.5. The summed E-state index contributed by atoms with van der Waals surface area (Å²) >= 11 is 0. The Morgan fingerprint density at radius 1 is 0.885 bits per heavy atom. The van der Waals surface area contributed by atoms with Crippen molar-refractivity contribution >= 4 is 23.0 Å². The normalized spacial score (nSPS) is 10.3. The third kappa shape index (κ3) is 4.19. The third-order valence-corrected chi connectivity index (χ3v) is 4.14. The number of nitrogens with one attached hydrogen (secondary N) is 2. The molecule has 5 heteroatoms. The first-order valence-corrected chi connectivity index (χ1v) is 8.30. The minimum Gasteiger partial charge on any atom is -0.497 e. The van der Waals surface area contributed by atoms with Crippen molar-refractivity contribution in [1.82, 2.24) is 4.98 Å². The Kier molecular flexibility index (Phi) is 5.17. The molecule has 5 nitrogen and oxygen atoms in total. The standard InChI is InChI=1S/C21H21N3O2/c1-14-4-5-18(10-15(14)2)23-19-11-16(12-22-13-19)21(25)24-17-6-8-20(26-3)9-7-17/h4-13,23H,1-3H3,(H,24,25). The van der Waals surface area contributed by atoms with E-state index < -0.39 is 0 Å². The molecule has 0 fully saturated rings. The molecule has 0 bridgehead atoms. The summed E-state index contributed by atoms with van der Waals surface area (Å²) in [6.07, 6.45) is 3.24. The zero-order valence-corrected chi connectivity index (χ0v) is 15.0. The fourth-order valence-electron chi connectivity index (χ4n) is 2.50. The van der Waals surface area contributed by atoms with Crippen molar-refractivity contribution in [3.8, 4) is 5.75 Å². The van der Waals surface area contributed by atoms with Crippen molar-refractivity contribution in [1.29, 1.82) is 0 Å². The molecule has 26 heavy (non-hydrogen) atoms. The van der Waals surface area contributed by atoms with Gasteiger partial charge in [0, 0.05) is 17.6 Å². The fraction of sp³-hybridized carbons (Fsp3) is 0.143. The summed E-state index contributed by atoms with van der Waals surface area (Å²) in [6.45, 7) is 4.14. The van der Waals surface area contributed by atoms with E-state index >= 15 is 0 Å². The predicted octanol–water partition coefficient (Wildman–Crippen LogP) is 4.70. The number of anilines is 3. The number of carbonyl (C=O) groups is 1. The predicted molar refractivity (Wildman–Crippen MR) is 104 cm³/mol. The van der Waals surface area contributed by atoms with Gasteiger partial charge in [0.1, 0.15) is 5.75 Å². The van der Waals surface area contributed by atoms with E-state index in [-0.39, 0.29) is 5.91 Å². The Bertz CT molecular complexity index is 921. The van der Waals surface area contributed by atoms with Gasteiger partial charge in [-0.2, -0.15) is 0 Å². The Labute approximate surface area is 153 Å². The number of pyridine rings is 1. The van der Waals surface area contributed by atoms with Gasteiger partial charge in [-0.25, -0.2) is 0 Å². The van der Waals surface area contributed by atoms with E-state index in [4.69, 9.17) is 4.74 Å². The molecule has 0 saturated carbocycles. The number of benzene rings is 2. The van der Waals surface area contributed by atoms with Gasteiger partial charge in [0.05, 0.1) is 24.6 Å². The summed E-state index contributed by atoms with van der Waals surface area (Å²) in [6, 6.07) is 15.1. The number of ether oxygens (including phenoxy) is 1. The van der Waals surface area contributed by atoms with Crippen LogP contribution in [0.3, 0.4) is 0 Å². The number of nitrogens with zero attached hydrogens (tertiary/aromatic N) is 1. The SMILES string of the molecule is COc1ccc(NC(=O)c2cncc(Nc3ccc(C)c(C)c3)c2)cc1. The molecule has 0 aliphatic rings. The summed E-state index contributed by atoms with van der Waals surface area (Å²) in [4.78, 5) is 16.6. The summed E-state index contributed by atoms with van der Waals surface area (Å²) in [5.41, 5.74) is 5.34. The lowest BCUT2D eigenvalue weighted by Gasteiger charge is -2.10. The smallest absolute Gasteiger partial charge is 0.257 e. The van der Waals surface area contributed by atoms with Crippen LogP contribution in [-0.4, -0.2) is 18.0 Å². The number of rotatable bonds is 5. The zero-order valence-electron chi connectivity index (χ0n) is 15.0. The Morgan fingerprint density at radius 2 is 1.62 bits per heavy atom. The van der Waals surface area contributed by atoms with Crippen molar-refractivity contribution in [3.63, 3.8) is 0 Å². The second-order valence-electron chi connectivity index (χ2n) is 6.07. The lowest BCUT2D eigenvalue weighted by Crippen LogP contribution is -2.12. The first-order chi connectivity index (χ1) is 12.5. The molecule has 0 unspecified atom stereocenters. The van der Waals surface area contributed by atoms with E-state index in [1.165, 1.54) is 11.1 Å². The maximum Gasteiger partial charge on any atom is 0.257 e. The Balaban J connectivity index is 1.73. The largest absolute Gasteiger partial charge is 0.497 e. The number of aryl methyl sites for hydroxylation is 2. The van der Waals surface area contributed by atoms with Crippen LogP contribution in [0.1, 0.15) is 21.5 Å². The number of hydrogen-bond acceptors (Lipinski definition) is 4. The molecular weight excluding hydrogens is 326 g/mol. The minimum absolute atomic E-state index is 0.216. The van der Waals surface area contributed by atoms with Gasteiger partial charge >= 0.3 is 0 Å². The van der Waals surface area contributed by atoms with Crippen molar-refractivity contribution in [2.24, 2.45) is 0 Å². The van der Waals surface area contributed by atoms with E-state index in [0.717, 1.165) is 17.1 Å². The molecule has 0 aliphatic carbocycles. The highest BCUT2D eigenvalue weighted by Crippen LogP contribution is 2.21. The lowest BCUT2D eigenvalue weighted by atomic mass is 10.1. The molecule has 0 atom stereocenters. The van der Waals surface area contributed by atoms with Crippen molar-refractivity contribution in [3.05, 3.63) is 77.6 Å². The first kappa shape index (κ1) is 17.5. The number of hydrogen-bond donors (Lipinski definition) is 2. The average Bonchev–Trinajstić information content (AvgIpc) is 2.65. The van der Waals surface area contributed by atoms with E-state index in [9.17, 15) is 4.79 Å². The number of aromatic nitrogens is 1. The van der Waals surface area contributed by atoms with E-state index in [1.807, 2.05) is 6.07 Å². The molecule has 3 rings (SSSR count). The van der Waals surface area contributed by atoms with E-state index in [2.05, 4.69) is 41.6 Å². The van der Waals surface area contributed by atoms with Crippen LogP contribution < -0.4 is 15.4 Å². The van der Waals surface area contributed by atoms with Crippen LogP contribution in [0.5, 0.6) is 5.75 Å². The second-order valence-corrected chi connectivity index (χ2v) is 6.07. The van der Waals surface area contributed by atoms with E-state index in [1.54, 1.807) is 49.8 Å². The minimum atomic E-state index is -0.216. The van der Waals surface area contributed by atoms with Gasteiger partial charge in [-0.1, -0.05) is 6.07 Å². The van der Waals surface area contributed by atoms with Crippen LogP contribution in [0.15, 0.2) is 60.9 Å². The summed E-state index contributed by atoms with van der Waals surface area (Å²) in [5, 5.41) is 6.14. The lowest BCUT2D eigenvalue weighted by molar-refractivity contribution is 0.102. The zero-order chi connectivity index (χ0) is 18.5. The molecule has 0 aliphatic heterocycles. The molecule has 1 heterocycles. The van der Waals surface area contributed by atoms with Gasteiger partial charge in [-0.3, -0.25) is 9.78 Å². The quantitative estimate of drug-likeness (QED) is 0.702. The molecule has 2 aromatic carbocycles. The van der Waals surface area contributed by atoms with Gasteiger partial charge in [-0.15, -0.1) is 0 Å². The number of methoxy groups -OCH3 is 1. The maximum atomic E-state index is 12.5. The monoisotopic (exact) mass is 347 g/mol. The van der Waals surface area contributed by atoms with Gasteiger partial charge in [0.2, 0.25) is 0 Å². The van der Waals surface area contributed by atoms with Crippen LogP contribution in [0, 0.1) is 13.8 Å². The summed E-state index contributed by atoms with van der Waals surface area (Å²) in [5.74, 6) is 0.524. The summed E-state index contributed by atoms with van der Waals surface area (Å²) in [7, 11) is 1.60. The van der Waals surface area contributed by atoms with Gasteiger partial charge < -0.3 is 15.4 Å². The van der Waals surface area contributed by atoms with Crippen LogP contribution in [0.2, 0.25) is 0 Å². The second kappa shape index (κ2) is 7.70. The van der Waals surface area contributed by atoms with Crippen LogP contribution in [0.25, 0.3) is 0 Å². The Hall–Kier alpha value is -3.34. The fourth-order valence-corrected chi connectivity index (χ4v) is 2.50. The van der Waals surface area contributed by atoms with Crippen LogP contribution in [-0.2, 0) is 0 Å². The topological polar surface area (TPSA) is 63.2 Å². The highest BCUT2D eigenvalue weighted by Gasteiger charge is 2.08. The van der Waals surface area contributed by atoms with Crippen LogP contribution in [0.4, 0.5) is 17.1 Å². The first-order valence-electron chi connectivity index (χ1n) is 8.30. The highest BCUT2D eigenvalue weighted by molar-refractivity contribution is 6.04. The molecule has 0 spiro atoms. The van der Waals surface area contributed by atoms with Gasteiger partial charge in [-0.05, 0) is 67.4 Å². The molecular formula is C21H21N3O2. The molecule has 0 saturated heterocycles. The molecule has 0 radical (unpaired) electrons. The average molecular weight is 347 g/mol. The molecule has 132 valence electrons. The molecule has 3 aromatic rings. The molecule has 1 aromatic heterocycles. The van der Waals surface area contributed by atoms with Gasteiger partial charge in [0.15, 0.2) is 0 Å². The summed E-state index contributed by atoms with van der Waals surface area (Å²) < 4.78 is 5.12. The van der Waals surface area contributed by atoms with Crippen molar-refractivity contribution in [2.45, 2.75) is 13.8 Å². The number of amides is 1. The van der Waals surface area contributed by atoms with Gasteiger partial charge in [0.25, 0.3) is 5.91 Å². The Morgan fingerprint density at radius 3 is 2.31 bits per heavy atom. The highest BCUT2D eigenvalue weighted by atomic mass is 16.5. The van der Waals surface area contributed by atoms with Crippen molar-refractivity contribution in [2.75, 3.05) is 17.7 Å². The van der Waals surface area contributed by atoms with E-state index in [0.29, 0.717) is 11.3 Å². The number of carbonyl (C=O) groups excluding carboxylic acids is 1.